The minimum absolute atomic E-state index is 1.06. The topological polar surface area (TPSA) is 11.3 Å². The lowest BCUT2D eigenvalue weighted by atomic mass is 10.5. The molecule has 0 aliphatic carbocycles. The number of hydrogen-bond acceptors (Lipinski definition) is 1. The third-order valence-corrected chi connectivity index (χ3v) is 1.70. The van der Waals surface area contributed by atoms with Crippen LogP contribution >= 0.6 is 11.8 Å². The van der Waals surface area contributed by atoms with E-state index >= 15 is 0 Å². The van der Waals surface area contributed by atoms with Gasteiger partial charge in [0.25, 0.3) is 7.11 Å². The van der Waals surface area contributed by atoms with Crippen molar-refractivity contribution >= 4 is 17.7 Å². The zero-order valence-corrected chi connectivity index (χ0v) is 5.49. The van der Waals surface area contributed by atoms with Crippen molar-refractivity contribution < 1.29 is 4.42 Å². The summed E-state index contributed by atoms with van der Waals surface area (Å²) in [4.78, 5) is 1.09. The maximum Gasteiger partial charge on any atom is 0.359 e. The molecular weight excluding hydrogens is 120 g/mol. The molecule has 0 aromatic heterocycles. The number of thioether (sulfide) groups is 1. The van der Waals surface area contributed by atoms with Gasteiger partial charge in [-0.25, -0.2) is 4.42 Å². The summed E-state index contributed by atoms with van der Waals surface area (Å²) in [5.74, 6) is 3.80. The molecule has 0 amide bonds. The molecule has 0 aromatic rings. The number of rotatable bonds is 0. The quantitative estimate of drug-likeness (QED) is 0.351. The fourth-order valence-corrected chi connectivity index (χ4v) is 1.21. The molecule has 0 spiro atoms. The Bertz CT molecular complexity index is 163. The van der Waals surface area contributed by atoms with Crippen molar-refractivity contribution in [3.8, 4) is 0 Å². The monoisotopic (exact) mass is 127 g/mol. The van der Waals surface area contributed by atoms with Gasteiger partial charge in [-0.1, -0.05) is 6.08 Å². The molecule has 0 bridgehead atoms. The Labute approximate surface area is 52.8 Å². The Balaban J connectivity index is 2.73. The maximum absolute atomic E-state index is 4.67. The molecule has 0 atom stereocenters. The molecule has 0 saturated heterocycles. The van der Waals surface area contributed by atoms with Gasteiger partial charge in [0.2, 0.25) is 0 Å². The lowest BCUT2D eigenvalue weighted by Gasteiger charge is -1.73. The molecule has 0 N–H and O–H groups in total. The minimum atomic E-state index is 1.06. The average Bonchev–Trinajstić information content (AvgIpc) is 2.19. The molecule has 2 heteroatoms. The number of carbonyl (C=O) groups excluding carboxylic acids is 1. The summed E-state index contributed by atoms with van der Waals surface area (Å²) in [5, 5.41) is 0. The molecule has 0 unspecified atom stereocenters. The summed E-state index contributed by atoms with van der Waals surface area (Å²) in [7, 11) is 1.61. The van der Waals surface area contributed by atoms with Crippen molar-refractivity contribution in [2.45, 2.75) is 0 Å². The molecule has 1 rings (SSSR count). The average molecular weight is 127 g/mol. The molecule has 0 radical (unpaired) electrons. The molecule has 1 heterocycles. The largest absolute Gasteiger partial charge is 0.359 e. The van der Waals surface area contributed by atoms with E-state index in [9.17, 15) is 0 Å². The van der Waals surface area contributed by atoms with Gasteiger partial charge in [0.15, 0.2) is 0 Å². The summed E-state index contributed by atoms with van der Waals surface area (Å²) in [6.07, 6.45) is 4.10. The van der Waals surface area contributed by atoms with Gasteiger partial charge in [0, 0.05) is 5.75 Å². The highest BCUT2D eigenvalue weighted by Gasteiger charge is 2.01. The van der Waals surface area contributed by atoms with E-state index in [-0.39, 0.29) is 0 Å². The van der Waals surface area contributed by atoms with Crippen LogP contribution in [0.4, 0.5) is 0 Å². The lowest BCUT2D eigenvalue weighted by Crippen LogP contribution is -1.65. The van der Waals surface area contributed by atoms with E-state index in [0.717, 1.165) is 10.7 Å². The zero-order valence-electron chi connectivity index (χ0n) is 4.68. The van der Waals surface area contributed by atoms with Gasteiger partial charge >= 0.3 is 5.94 Å². The van der Waals surface area contributed by atoms with Crippen LogP contribution in [0.25, 0.3) is 0 Å². The second-order valence-electron chi connectivity index (χ2n) is 1.38. The van der Waals surface area contributed by atoms with Crippen molar-refractivity contribution in [3.05, 3.63) is 17.1 Å². The molecule has 1 aliphatic rings. The first kappa shape index (κ1) is 5.67. The van der Waals surface area contributed by atoms with Crippen LogP contribution in [0.15, 0.2) is 17.1 Å². The van der Waals surface area contributed by atoms with E-state index in [1.807, 2.05) is 6.08 Å². The van der Waals surface area contributed by atoms with Crippen LogP contribution < -0.4 is 0 Å². The minimum Gasteiger partial charge on any atom is -0.206 e. The van der Waals surface area contributed by atoms with E-state index in [2.05, 4.69) is 16.4 Å². The van der Waals surface area contributed by atoms with Crippen LogP contribution in [0.3, 0.4) is 0 Å². The van der Waals surface area contributed by atoms with Crippen LogP contribution in [0.5, 0.6) is 0 Å². The van der Waals surface area contributed by atoms with Gasteiger partial charge in [-0.2, -0.15) is 0 Å². The molecule has 0 saturated carbocycles. The van der Waals surface area contributed by atoms with E-state index in [1.165, 1.54) is 0 Å². The highest BCUT2D eigenvalue weighted by Crippen LogP contribution is 2.19. The van der Waals surface area contributed by atoms with Gasteiger partial charge < -0.3 is 0 Å². The summed E-state index contributed by atoms with van der Waals surface area (Å²) in [6.45, 7) is 0. The van der Waals surface area contributed by atoms with Crippen LogP contribution in [-0.2, 0) is 4.42 Å². The Hall–Kier alpha value is -0.460. The Morgan fingerprint density at radius 3 is 3.25 bits per heavy atom. The van der Waals surface area contributed by atoms with Crippen LogP contribution in [-0.4, -0.2) is 18.8 Å². The molecular formula is C6H7OS+. The molecule has 1 nitrogen and oxygen atoms in total. The Morgan fingerprint density at radius 2 is 2.75 bits per heavy atom. The maximum atomic E-state index is 4.67. The summed E-state index contributed by atoms with van der Waals surface area (Å²) < 4.78 is 4.67. The van der Waals surface area contributed by atoms with Crippen molar-refractivity contribution in [2.24, 2.45) is 0 Å². The number of hydrogen-bond donors (Lipinski definition) is 0. The van der Waals surface area contributed by atoms with E-state index in [4.69, 9.17) is 0 Å². The van der Waals surface area contributed by atoms with Crippen LogP contribution in [0.1, 0.15) is 0 Å². The predicted octanol–water partition coefficient (Wildman–Crippen LogP) is 1.17. The highest BCUT2D eigenvalue weighted by molar-refractivity contribution is 8.04. The van der Waals surface area contributed by atoms with Gasteiger partial charge in [-0.15, -0.1) is 11.8 Å². The SMILES string of the molecule is C[O+]=C=C1C=CCS1. The highest BCUT2D eigenvalue weighted by atomic mass is 32.2. The van der Waals surface area contributed by atoms with Crippen molar-refractivity contribution in [2.75, 3.05) is 12.9 Å². The van der Waals surface area contributed by atoms with Crippen LogP contribution in [0, 0.1) is 0 Å². The summed E-state index contributed by atoms with van der Waals surface area (Å²) >= 11 is 1.74. The van der Waals surface area contributed by atoms with Gasteiger partial charge in [-0.05, 0) is 6.08 Å². The smallest absolute Gasteiger partial charge is 0.206 e. The first-order chi connectivity index (χ1) is 3.93. The third kappa shape index (κ3) is 1.25. The molecule has 42 valence electrons. The second kappa shape index (κ2) is 2.75. The fraction of sp³-hybridized carbons (Fsp3) is 0.333. The van der Waals surface area contributed by atoms with Crippen molar-refractivity contribution in [1.29, 1.82) is 0 Å². The predicted molar refractivity (Wildman–Crippen MR) is 36.7 cm³/mol. The first-order valence-electron chi connectivity index (χ1n) is 2.39. The van der Waals surface area contributed by atoms with Crippen molar-refractivity contribution in [1.82, 2.24) is 0 Å². The van der Waals surface area contributed by atoms with Gasteiger partial charge in [0.05, 0.1) is 0 Å². The Morgan fingerprint density at radius 1 is 1.88 bits per heavy atom. The molecule has 8 heavy (non-hydrogen) atoms. The normalized spacial score (nSPS) is 16.4. The van der Waals surface area contributed by atoms with E-state index in [0.29, 0.717) is 0 Å². The molecule has 1 aliphatic heterocycles. The lowest BCUT2D eigenvalue weighted by molar-refractivity contribution is 0.189. The summed E-state index contributed by atoms with van der Waals surface area (Å²) in [5.41, 5.74) is 0. The van der Waals surface area contributed by atoms with Gasteiger partial charge in [-0.3, -0.25) is 0 Å². The van der Waals surface area contributed by atoms with Crippen LogP contribution in [0.2, 0.25) is 0 Å². The first-order valence-corrected chi connectivity index (χ1v) is 3.37. The standard InChI is InChI=1S/C6H7OS/c1-7-5-6-3-2-4-8-6/h2-3H,4H2,1H3/q+1. The second-order valence-corrected chi connectivity index (χ2v) is 2.45. The zero-order chi connectivity index (χ0) is 5.82. The van der Waals surface area contributed by atoms with E-state index in [1.54, 1.807) is 18.9 Å². The molecule has 0 aromatic carbocycles. The molecule has 0 fully saturated rings. The van der Waals surface area contributed by atoms with Gasteiger partial charge in [0.1, 0.15) is 4.91 Å². The third-order valence-electron chi connectivity index (χ3n) is 0.807. The van der Waals surface area contributed by atoms with E-state index < -0.39 is 0 Å². The number of allylic oxidation sites excluding steroid dienone is 1. The fourth-order valence-electron chi connectivity index (χ4n) is 0.505. The van der Waals surface area contributed by atoms with Crippen molar-refractivity contribution in [3.63, 3.8) is 0 Å². The Kier molecular flexibility index (Phi) is 1.95. The summed E-state index contributed by atoms with van der Waals surface area (Å²) in [6, 6.07) is 0.